The molecule has 2 heterocycles. The Hall–Kier alpha value is -2.57. The third-order valence-electron chi connectivity index (χ3n) is 4.73. The minimum Gasteiger partial charge on any atom is -0.447 e. The lowest BCUT2D eigenvalue weighted by Crippen LogP contribution is -2.46. The molecule has 0 aliphatic carbocycles. The van der Waals surface area contributed by atoms with Gasteiger partial charge in [0.05, 0.1) is 12.5 Å². The lowest BCUT2D eigenvalue weighted by Gasteiger charge is -2.29. The molecule has 0 unspecified atom stereocenters. The highest BCUT2D eigenvalue weighted by Crippen LogP contribution is 2.27. The fourth-order valence-corrected chi connectivity index (χ4v) is 3.35. The molecular weight excluding hydrogens is 324 g/mol. The van der Waals surface area contributed by atoms with Gasteiger partial charge in [-0.1, -0.05) is 37.3 Å². The Balaban J connectivity index is 1.60. The van der Waals surface area contributed by atoms with Crippen molar-refractivity contribution in [2.45, 2.75) is 32.4 Å². The zero-order chi connectivity index (χ0) is 17.8. The number of carbonyl (C=O) groups excluding carboxylic acids is 3. The Bertz CT molecular complexity index is 648. The maximum atomic E-state index is 12.5. The molecule has 0 aromatic heterocycles. The summed E-state index contributed by atoms with van der Waals surface area (Å²) in [5.41, 5.74) is 0.913. The zero-order valence-corrected chi connectivity index (χ0v) is 14.2. The van der Waals surface area contributed by atoms with E-state index in [9.17, 15) is 14.4 Å². The summed E-state index contributed by atoms with van der Waals surface area (Å²) in [6.45, 7) is 3.00. The van der Waals surface area contributed by atoms with Gasteiger partial charge in [0.15, 0.2) is 0 Å². The number of cyclic esters (lactones) is 1. The van der Waals surface area contributed by atoms with Crippen LogP contribution in [0, 0.1) is 5.92 Å². The van der Waals surface area contributed by atoms with Crippen molar-refractivity contribution in [1.82, 2.24) is 9.80 Å². The summed E-state index contributed by atoms with van der Waals surface area (Å²) in [6.07, 6.45) is 0.506. The molecular formula is C18H22N2O5. The predicted molar refractivity (Wildman–Crippen MR) is 88.6 cm³/mol. The van der Waals surface area contributed by atoms with Gasteiger partial charge in [-0.3, -0.25) is 4.79 Å². The first-order chi connectivity index (χ1) is 12.1. The van der Waals surface area contributed by atoms with Crippen LogP contribution in [-0.4, -0.2) is 53.6 Å². The van der Waals surface area contributed by atoms with Crippen molar-refractivity contribution in [3.63, 3.8) is 0 Å². The van der Waals surface area contributed by atoms with Gasteiger partial charge in [0.2, 0.25) is 5.91 Å². The molecule has 0 N–H and O–H groups in total. The van der Waals surface area contributed by atoms with Gasteiger partial charge in [0.25, 0.3) is 0 Å². The van der Waals surface area contributed by atoms with Gasteiger partial charge >= 0.3 is 12.2 Å². The van der Waals surface area contributed by atoms with Crippen molar-refractivity contribution in [3.8, 4) is 0 Å². The summed E-state index contributed by atoms with van der Waals surface area (Å²) in [6, 6.07) is 9.19. The average Bonchev–Trinajstić information content (AvgIpc) is 3.28. The standard InChI is InChI=1S/C18H22N2O5/c1-13(16(21)20-10-11-24-18(20)23)15-8-5-9-19(15)17(22)25-12-14-6-3-2-4-7-14/h2-4,6-7,13,15H,5,8-12H2,1H3/t13-,15-/m0/s1. The summed E-state index contributed by atoms with van der Waals surface area (Å²) in [7, 11) is 0. The van der Waals surface area contributed by atoms with Crippen LogP contribution in [0.25, 0.3) is 0 Å². The van der Waals surface area contributed by atoms with Gasteiger partial charge in [-0.2, -0.15) is 0 Å². The Kier molecular flexibility index (Phi) is 5.21. The molecule has 7 nitrogen and oxygen atoms in total. The highest BCUT2D eigenvalue weighted by atomic mass is 16.6. The summed E-state index contributed by atoms with van der Waals surface area (Å²) in [5.74, 6) is -0.771. The van der Waals surface area contributed by atoms with Crippen molar-refractivity contribution in [2.24, 2.45) is 5.92 Å². The van der Waals surface area contributed by atoms with Crippen molar-refractivity contribution in [1.29, 1.82) is 0 Å². The first kappa shape index (κ1) is 17.3. The Labute approximate surface area is 146 Å². The van der Waals surface area contributed by atoms with Crippen molar-refractivity contribution < 1.29 is 23.9 Å². The number of benzene rings is 1. The van der Waals surface area contributed by atoms with Crippen molar-refractivity contribution in [2.75, 3.05) is 19.7 Å². The van der Waals surface area contributed by atoms with Crippen LogP contribution in [0.4, 0.5) is 9.59 Å². The second-order valence-electron chi connectivity index (χ2n) is 6.34. The maximum Gasteiger partial charge on any atom is 0.416 e. The third-order valence-corrected chi connectivity index (χ3v) is 4.73. The molecule has 2 aliphatic rings. The van der Waals surface area contributed by atoms with Crippen LogP contribution in [0.3, 0.4) is 0 Å². The van der Waals surface area contributed by atoms with Crippen molar-refractivity contribution in [3.05, 3.63) is 35.9 Å². The Morgan fingerprint density at radius 2 is 2.04 bits per heavy atom. The molecule has 2 aliphatic heterocycles. The van der Waals surface area contributed by atoms with E-state index in [0.29, 0.717) is 6.54 Å². The fraction of sp³-hybridized carbons (Fsp3) is 0.500. The van der Waals surface area contributed by atoms with Gasteiger partial charge in [-0.25, -0.2) is 14.5 Å². The van der Waals surface area contributed by atoms with E-state index >= 15 is 0 Å². The minimum absolute atomic E-state index is 0.198. The summed E-state index contributed by atoms with van der Waals surface area (Å²) in [4.78, 5) is 39.3. The zero-order valence-electron chi connectivity index (χ0n) is 14.2. The lowest BCUT2D eigenvalue weighted by molar-refractivity contribution is -0.133. The number of ether oxygens (including phenoxy) is 2. The van der Waals surface area contributed by atoms with Crippen LogP contribution in [0.2, 0.25) is 0 Å². The largest absolute Gasteiger partial charge is 0.447 e. The van der Waals surface area contributed by atoms with Crippen LogP contribution in [0.5, 0.6) is 0 Å². The van der Waals surface area contributed by atoms with Gasteiger partial charge in [0, 0.05) is 12.6 Å². The monoisotopic (exact) mass is 346 g/mol. The molecule has 2 atom stereocenters. The van der Waals surface area contributed by atoms with Crippen LogP contribution in [-0.2, 0) is 20.9 Å². The summed E-state index contributed by atoms with van der Waals surface area (Å²) in [5, 5.41) is 0. The second-order valence-corrected chi connectivity index (χ2v) is 6.34. The number of amides is 3. The van der Waals surface area contributed by atoms with Gasteiger partial charge in [-0.15, -0.1) is 0 Å². The van der Waals surface area contributed by atoms with Crippen LogP contribution >= 0.6 is 0 Å². The second kappa shape index (κ2) is 7.55. The average molecular weight is 346 g/mol. The minimum atomic E-state index is -0.604. The molecule has 3 rings (SSSR count). The molecule has 25 heavy (non-hydrogen) atoms. The highest BCUT2D eigenvalue weighted by Gasteiger charge is 2.41. The van der Waals surface area contributed by atoms with Crippen LogP contribution in [0.1, 0.15) is 25.3 Å². The molecule has 0 spiro atoms. The normalized spacial score (nSPS) is 21.2. The van der Waals surface area contributed by atoms with Crippen LogP contribution in [0.15, 0.2) is 30.3 Å². The number of nitrogens with zero attached hydrogens (tertiary/aromatic N) is 2. The van der Waals surface area contributed by atoms with E-state index in [1.807, 2.05) is 30.3 Å². The molecule has 0 saturated carbocycles. The first-order valence-electron chi connectivity index (χ1n) is 8.53. The third kappa shape index (κ3) is 3.75. The van der Waals surface area contributed by atoms with Crippen LogP contribution < -0.4 is 0 Å². The van der Waals surface area contributed by atoms with E-state index in [-0.39, 0.29) is 31.7 Å². The van der Waals surface area contributed by atoms with E-state index in [4.69, 9.17) is 9.47 Å². The number of rotatable bonds is 4. The number of hydrogen-bond donors (Lipinski definition) is 0. The first-order valence-corrected chi connectivity index (χ1v) is 8.53. The van der Waals surface area contributed by atoms with E-state index in [1.165, 1.54) is 0 Å². The topological polar surface area (TPSA) is 76.2 Å². The van der Waals surface area contributed by atoms with Gasteiger partial charge in [-0.05, 0) is 18.4 Å². The predicted octanol–water partition coefficient (Wildman–Crippen LogP) is 2.40. The Morgan fingerprint density at radius 1 is 1.28 bits per heavy atom. The van der Waals surface area contributed by atoms with Crippen molar-refractivity contribution >= 4 is 18.1 Å². The molecule has 1 aromatic carbocycles. The van der Waals surface area contributed by atoms with E-state index in [1.54, 1.807) is 11.8 Å². The number of carbonyl (C=O) groups is 3. The number of likely N-dealkylation sites (tertiary alicyclic amines) is 1. The van der Waals surface area contributed by atoms with E-state index in [0.717, 1.165) is 23.3 Å². The molecule has 0 radical (unpaired) electrons. The fourth-order valence-electron chi connectivity index (χ4n) is 3.35. The summed E-state index contributed by atoms with van der Waals surface area (Å²) >= 11 is 0. The Morgan fingerprint density at radius 3 is 2.72 bits per heavy atom. The number of imide groups is 1. The molecule has 2 saturated heterocycles. The van der Waals surface area contributed by atoms with E-state index < -0.39 is 18.1 Å². The molecule has 1 aromatic rings. The SMILES string of the molecule is C[C@H](C(=O)N1CCOC1=O)[C@@H]1CCCN1C(=O)OCc1ccccc1. The summed E-state index contributed by atoms with van der Waals surface area (Å²) < 4.78 is 10.2. The van der Waals surface area contributed by atoms with Gasteiger partial charge < -0.3 is 14.4 Å². The smallest absolute Gasteiger partial charge is 0.416 e. The number of hydrogen-bond acceptors (Lipinski definition) is 5. The lowest BCUT2D eigenvalue weighted by atomic mass is 9.98. The molecule has 0 bridgehead atoms. The maximum absolute atomic E-state index is 12.5. The van der Waals surface area contributed by atoms with Gasteiger partial charge in [0.1, 0.15) is 13.2 Å². The molecule has 7 heteroatoms. The molecule has 3 amide bonds. The quantitative estimate of drug-likeness (QED) is 0.837. The molecule has 2 fully saturated rings. The molecule has 134 valence electrons. The van der Waals surface area contributed by atoms with E-state index in [2.05, 4.69) is 0 Å². The highest BCUT2D eigenvalue weighted by molar-refractivity contribution is 5.94.